The smallest absolute Gasteiger partial charge is 0.0632 e. The SMILES string of the molecule is CC1(C)CC[C@]2(CO)[C@H](O)C[C@]3(C)C(=CC[C@H]4[C@@]5(C)CC[C@H](O)C(C)(C)[C@@H]5CC[C@]43C)[C@@H]2C1. The zero-order valence-corrected chi connectivity index (χ0v) is 22.4. The molecule has 0 bridgehead atoms. The maximum Gasteiger partial charge on any atom is 0.0632 e. The molecule has 3 heteroatoms. The molecule has 0 spiro atoms. The molecular weight excluding hydrogens is 408 g/mol. The van der Waals surface area contributed by atoms with E-state index in [1.807, 2.05) is 0 Å². The quantitative estimate of drug-likeness (QED) is 0.415. The maximum absolute atomic E-state index is 11.7. The van der Waals surface area contributed by atoms with E-state index in [-0.39, 0.29) is 51.1 Å². The Bertz CT molecular complexity index is 843. The van der Waals surface area contributed by atoms with E-state index in [0.29, 0.717) is 11.8 Å². The highest BCUT2D eigenvalue weighted by molar-refractivity contribution is 5.35. The van der Waals surface area contributed by atoms with Crippen molar-refractivity contribution in [2.24, 2.45) is 50.2 Å². The van der Waals surface area contributed by atoms with Gasteiger partial charge in [0.05, 0.1) is 18.8 Å². The minimum atomic E-state index is -0.434. The van der Waals surface area contributed by atoms with Crippen molar-refractivity contribution in [3.05, 3.63) is 11.6 Å². The first-order valence-corrected chi connectivity index (χ1v) is 13.9. The van der Waals surface area contributed by atoms with Gasteiger partial charge in [-0.15, -0.1) is 0 Å². The van der Waals surface area contributed by atoms with E-state index in [1.165, 1.54) is 12.8 Å². The van der Waals surface area contributed by atoms with Gasteiger partial charge in [0.15, 0.2) is 0 Å². The zero-order chi connectivity index (χ0) is 24.2. The molecule has 9 atom stereocenters. The van der Waals surface area contributed by atoms with Crippen LogP contribution in [0, 0.1) is 50.2 Å². The van der Waals surface area contributed by atoms with Crippen LogP contribution in [0.2, 0.25) is 0 Å². The molecule has 0 aromatic carbocycles. The van der Waals surface area contributed by atoms with Crippen LogP contribution in [0.4, 0.5) is 0 Å². The standard InChI is InChI=1S/C30H50O3/c1-25(2)14-15-30(18-31)20(16-25)19-8-9-22-27(5)12-11-23(32)26(3,4)21(27)10-13-28(22,6)29(19,7)17-24(30)33/h8,20-24,31-33H,9-18H2,1-7H3/t20-,21-,22-,23-,24+,27-,28+,29+,30+/m0/s1. The molecule has 0 heterocycles. The summed E-state index contributed by atoms with van der Waals surface area (Å²) >= 11 is 0. The monoisotopic (exact) mass is 458 g/mol. The number of aliphatic hydroxyl groups excluding tert-OH is 3. The average Bonchev–Trinajstić information content (AvgIpc) is 2.71. The lowest BCUT2D eigenvalue weighted by Crippen LogP contribution is -2.67. The fourth-order valence-corrected chi connectivity index (χ4v) is 10.7. The summed E-state index contributed by atoms with van der Waals surface area (Å²) in [5.74, 6) is 1.41. The lowest BCUT2D eigenvalue weighted by molar-refractivity contribution is -0.218. The lowest BCUT2D eigenvalue weighted by Gasteiger charge is -2.72. The second-order valence-corrected chi connectivity index (χ2v) is 15.2. The van der Waals surface area contributed by atoms with Crippen LogP contribution in [-0.4, -0.2) is 34.1 Å². The average molecular weight is 459 g/mol. The number of hydrogen-bond donors (Lipinski definition) is 3. The van der Waals surface area contributed by atoms with Gasteiger partial charge in [0.2, 0.25) is 0 Å². The number of hydrogen-bond acceptors (Lipinski definition) is 3. The summed E-state index contributed by atoms with van der Waals surface area (Å²) in [6, 6.07) is 0. The molecule has 5 aliphatic rings. The Hall–Kier alpha value is -0.380. The summed E-state index contributed by atoms with van der Waals surface area (Å²) in [5, 5.41) is 33.3. The fraction of sp³-hybridized carbons (Fsp3) is 0.933. The summed E-state index contributed by atoms with van der Waals surface area (Å²) in [4.78, 5) is 0. The van der Waals surface area contributed by atoms with Gasteiger partial charge in [-0.05, 0) is 103 Å². The van der Waals surface area contributed by atoms with Gasteiger partial charge in [-0.25, -0.2) is 0 Å². The fourth-order valence-electron chi connectivity index (χ4n) is 10.7. The van der Waals surface area contributed by atoms with Crippen LogP contribution < -0.4 is 0 Å². The van der Waals surface area contributed by atoms with Crippen molar-refractivity contribution in [2.75, 3.05) is 6.61 Å². The first kappa shape index (κ1) is 24.3. The molecule has 0 aromatic rings. The molecule has 0 aromatic heterocycles. The van der Waals surface area contributed by atoms with Crippen LogP contribution in [0.1, 0.15) is 106 Å². The van der Waals surface area contributed by atoms with E-state index in [1.54, 1.807) is 5.57 Å². The predicted octanol–water partition coefficient (Wildman–Crippen LogP) is 6.11. The number of aliphatic hydroxyl groups is 3. The van der Waals surface area contributed by atoms with Gasteiger partial charge in [-0.2, -0.15) is 0 Å². The molecule has 33 heavy (non-hydrogen) atoms. The van der Waals surface area contributed by atoms with Gasteiger partial charge in [0, 0.05) is 5.41 Å². The molecule has 0 aliphatic heterocycles. The van der Waals surface area contributed by atoms with Gasteiger partial charge >= 0.3 is 0 Å². The molecule has 0 radical (unpaired) electrons. The molecule has 5 aliphatic carbocycles. The Kier molecular flexibility index (Phi) is 5.23. The molecule has 3 nitrogen and oxygen atoms in total. The van der Waals surface area contributed by atoms with E-state index < -0.39 is 6.10 Å². The van der Waals surface area contributed by atoms with Gasteiger partial charge in [-0.3, -0.25) is 0 Å². The van der Waals surface area contributed by atoms with Gasteiger partial charge in [0.1, 0.15) is 0 Å². The minimum absolute atomic E-state index is 0.0275. The first-order chi connectivity index (χ1) is 15.2. The third-order valence-corrected chi connectivity index (χ3v) is 13.2. The van der Waals surface area contributed by atoms with Crippen molar-refractivity contribution in [1.82, 2.24) is 0 Å². The van der Waals surface area contributed by atoms with Gasteiger partial charge < -0.3 is 15.3 Å². The number of allylic oxidation sites excluding steroid dienone is 2. The number of rotatable bonds is 1. The third-order valence-electron chi connectivity index (χ3n) is 13.2. The van der Waals surface area contributed by atoms with Gasteiger partial charge in [0.25, 0.3) is 0 Å². The van der Waals surface area contributed by atoms with Crippen molar-refractivity contribution >= 4 is 0 Å². The van der Waals surface area contributed by atoms with Crippen molar-refractivity contribution in [3.8, 4) is 0 Å². The Morgan fingerprint density at radius 3 is 2.18 bits per heavy atom. The second kappa shape index (κ2) is 7.10. The van der Waals surface area contributed by atoms with Crippen LogP contribution in [0.25, 0.3) is 0 Å². The van der Waals surface area contributed by atoms with Crippen molar-refractivity contribution in [3.63, 3.8) is 0 Å². The zero-order valence-electron chi connectivity index (χ0n) is 22.4. The van der Waals surface area contributed by atoms with Crippen LogP contribution in [0.15, 0.2) is 11.6 Å². The van der Waals surface area contributed by atoms with Crippen molar-refractivity contribution in [2.45, 2.75) is 118 Å². The topological polar surface area (TPSA) is 60.7 Å². The Labute approximate surface area is 202 Å². The molecular formula is C30H50O3. The first-order valence-electron chi connectivity index (χ1n) is 13.9. The van der Waals surface area contributed by atoms with E-state index in [0.717, 1.165) is 44.9 Å². The predicted molar refractivity (Wildman–Crippen MR) is 134 cm³/mol. The molecule has 0 saturated heterocycles. The summed E-state index contributed by atoms with van der Waals surface area (Å²) < 4.78 is 0. The number of fused-ring (bicyclic) bond motifs is 7. The summed E-state index contributed by atoms with van der Waals surface area (Å²) in [7, 11) is 0. The van der Waals surface area contributed by atoms with Crippen LogP contribution >= 0.6 is 0 Å². The maximum atomic E-state index is 11.7. The molecule has 4 saturated carbocycles. The third kappa shape index (κ3) is 2.91. The molecule has 3 N–H and O–H groups in total. The summed E-state index contributed by atoms with van der Waals surface area (Å²) in [5.41, 5.74) is 1.78. The highest BCUT2D eigenvalue weighted by atomic mass is 16.3. The summed E-state index contributed by atoms with van der Waals surface area (Å²) in [6.45, 7) is 17.0. The Morgan fingerprint density at radius 2 is 1.52 bits per heavy atom. The van der Waals surface area contributed by atoms with E-state index in [4.69, 9.17) is 0 Å². The van der Waals surface area contributed by atoms with Crippen LogP contribution in [0.3, 0.4) is 0 Å². The van der Waals surface area contributed by atoms with E-state index in [9.17, 15) is 15.3 Å². The molecule has 0 amide bonds. The van der Waals surface area contributed by atoms with Crippen molar-refractivity contribution < 1.29 is 15.3 Å². The van der Waals surface area contributed by atoms with Crippen LogP contribution in [0.5, 0.6) is 0 Å². The normalized spacial score (nSPS) is 54.8. The summed E-state index contributed by atoms with van der Waals surface area (Å²) in [6.07, 6.45) is 11.3. The van der Waals surface area contributed by atoms with Crippen molar-refractivity contribution in [1.29, 1.82) is 0 Å². The highest BCUT2D eigenvalue weighted by Gasteiger charge is 2.69. The second-order valence-electron chi connectivity index (χ2n) is 15.2. The van der Waals surface area contributed by atoms with Gasteiger partial charge in [-0.1, -0.05) is 60.1 Å². The minimum Gasteiger partial charge on any atom is -0.396 e. The van der Waals surface area contributed by atoms with E-state index in [2.05, 4.69) is 54.5 Å². The van der Waals surface area contributed by atoms with Crippen LogP contribution in [-0.2, 0) is 0 Å². The highest BCUT2D eigenvalue weighted by Crippen LogP contribution is 2.75. The Balaban J connectivity index is 1.61. The largest absolute Gasteiger partial charge is 0.396 e. The van der Waals surface area contributed by atoms with E-state index >= 15 is 0 Å². The molecule has 4 fully saturated rings. The molecule has 188 valence electrons. The lowest BCUT2D eigenvalue weighted by atomic mass is 9.33. The molecule has 0 unspecified atom stereocenters. The molecule has 5 rings (SSSR count). The Morgan fingerprint density at radius 1 is 0.818 bits per heavy atom.